The Morgan fingerprint density at radius 2 is 1.16 bits per heavy atom. The standard InChI is InChI=1S/C17H36O2/c1-5-8-11-14-17(4,15(18)12-9-6-2)16(19)13-10-7-3/h15-16,18-19H,5-14H2,1-4H3. The third-order valence-electron chi connectivity index (χ3n) is 4.50. The van der Waals surface area contributed by atoms with E-state index in [1.54, 1.807) is 0 Å². The molecule has 0 aromatic heterocycles. The van der Waals surface area contributed by atoms with Crippen molar-refractivity contribution in [2.24, 2.45) is 5.41 Å². The van der Waals surface area contributed by atoms with Gasteiger partial charge in [0.2, 0.25) is 0 Å². The quantitative estimate of drug-likeness (QED) is 0.507. The summed E-state index contributed by atoms with van der Waals surface area (Å²) < 4.78 is 0. The molecule has 0 saturated carbocycles. The highest BCUT2D eigenvalue weighted by Crippen LogP contribution is 2.37. The van der Waals surface area contributed by atoms with Gasteiger partial charge in [0.25, 0.3) is 0 Å². The Bertz CT molecular complexity index is 189. The summed E-state index contributed by atoms with van der Waals surface area (Å²) in [4.78, 5) is 0. The zero-order chi connectivity index (χ0) is 14.7. The molecule has 0 radical (unpaired) electrons. The van der Waals surface area contributed by atoms with Crippen LogP contribution in [0.5, 0.6) is 0 Å². The summed E-state index contributed by atoms with van der Waals surface area (Å²) in [7, 11) is 0. The SMILES string of the molecule is CCCCCC(C)(C(O)CCCC)C(O)CCCC. The van der Waals surface area contributed by atoms with Gasteiger partial charge in [-0.2, -0.15) is 0 Å². The molecule has 0 aromatic rings. The molecular formula is C17H36O2. The van der Waals surface area contributed by atoms with Crippen LogP contribution in [0.1, 0.15) is 91.9 Å². The molecule has 0 fully saturated rings. The number of unbranched alkanes of at least 4 members (excludes halogenated alkanes) is 4. The van der Waals surface area contributed by atoms with Crippen molar-refractivity contribution >= 4 is 0 Å². The molecule has 0 aromatic carbocycles. The van der Waals surface area contributed by atoms with Crippen LogP contribution in [0.3, 0.4) is 0 Å². The van der Waals surface area contributed by atoms with Crippen molar-refractivity contribution in [2.45, 2.75) is 104 Å². The predicted octanol–water partition coefficient (Wildman–Crippen LogP) is 4.68. The molecule has 0 spiro atoms. The van der Waals surface area contributed by atoms with E-state index in [-0.39, 0.29) is 17.6 Å². The molecule has 2 nitrogen and oxygen atoms in total. The van der Waals surface area contributed by atoms with Gasteiger partial charge in [-0.1, -0.05) is 72.6 Å². The molecule has 116 valence electrons. The smallest absolute Gasteiger partial charge is 0.0618 e. The molecule has 2 unspecified atom stereocenters. The van der Waals surface area contributed by atoms with Gasteiger partial charge in [-0.05, 0) is 19.3 Å². The molecule has 0 bridgehead atoms. The van der Waals surface area contributed by atoms with E-state index in [2.05, 4.69) is 27.7 Å². The number of aliphatic hydroxyl groups is 2. The lowest BCUT2D eigenvalue weighted by atomic mass is 9.71. The van der Waals surface area contributed by atoms with Gasteiger partial charge >= 0.3 is 0 Å². The molecule has 0 amide bonds. The monoisotopic (exact) mass is 272 g/mol. The van der Waals surface area contributed by atoms with E-state index in [1.165, 1.54) is 12.8 Å². The molecule has 0 heterocycles. The lowest BCUT2D eigenvalue weighted by molar-refractivity contribution is -0.0730. The normalized spacial score (nSPS) is 18.0. The summed E-state index contributed by atoms with van der Waals surface area (Å²) in [6.45, 7) is 8.57. The van der Waals surface area contributed by atoms with Crippen molar-refractivity contribution in [1.29, 1.82) is 0 Å². The Kier molecular flexibility index (Phi) is 10.6. The zero-order valence-corrected chi connectivity index (χ0v) is 13.6. The number of rotatable bonds is 12. The highest BCUT2D eigenvalue weighted by atomic mass is 16.3. The maximum Gasteiger partial charge on any atom is 0.0618 e. The number of aliphatic hydroxyl groups excluding tert-OH is 2. The van der Waals surface area contributed by atoms with Gasteiger partial charge in [-0.25, -0.2) is 0 Å². The second kappa shape index (κ2) is 10.7. The van der Waals surface area contributed by atoms with Gasteiger partial charge in [0.15, 0.2) is 0 Å². The van der Waals surface area contributed by atoms with Gasteiger partial charge in [-0.3, -0.25) is 0 Å². The molecular weight excluding hydrogens is 236 g/mol. The van der Waals surface area contributed by atoms with Crippen LogP contribution in [0.15, 0.2) is 0 Å². The predicted molar refractivity (Wildman–Crippen MR) is 83.3 cm³/mol. The molecule has 0 saturated heterocycles. The molecule has 19 heavy (non-hydrogen) atoms. The molecule has 0 aliphatic heterocycles. The van der Waals surface area contributed by atoms with Crippen LogP contribution in [0.25, 0.3) is 0 Å². The Balaban J connectivity index is 4.57. The zero-order valence-electron chi connectivity index (χ0n) is 13.6. The van der Waals surface area contributed by atoms with Gasteiger partial charge < -0.3 is 10.2 Å². The first-order chi connectivity index (χ1) is 9.02. The molecule has 2 heteroatoms. The van der Waals surface area contributed by atoms with Crippen LogP contribution >= 0.6 is 0 Å². The molecule has 0 aliphatic carbocycles. The summed E-state index contributed by atoms with van der Waals surface area (Å²) in [6.07, 6.45) is 9.65. The molecule has 0 rings (SSSR count). The molecule has 2 atom stereocenters. The first-order valence-corrected chi connectivity index (χ1v) is 8.39. The molecule has 2 N–H and O–H groups in total. The minimum absolute atomic E-state index is 0.320. The Morgan fingerprint density at radius 3 is 1.53 bits per heavy atom. The number of hydrogen-bond acceptors (Lipinski definition) is 2. The summed E-state index contributed by atoms with van der Waals surface area (Å²) in [5.74, 6) is 0. The Morgan fingerprint density at radius 1 is 0.737 bits per heavy atom. The van der Waals surface area contributed by atoms with Crippen molar-refractivity contribution in [2.75, 3.05) is 0 Å². The lowest BCUT2D eigenvalue weighted by Gasteiger charge is -2.39. The van der Waals surface area contributed by atoms with Gasteiger partial charge in [0.05, 0.1) is 12.2 Å². The lowest BCUT2D eigenvalue weighted by Crippen LogP contribution is -2.43. The van der Waals surface area contributed by atoms with Crippen molar-refractivity contribution in [3.8, 4) is 0 Å². The summed E-state index contributed by atoms with van der Waals surface area (Å²) in [5, 5.41) is 21.0. The van der Waals surface area contributed by atoms with Crippen molar-refractivity contribution in [1.82, 2.24) is 0 Å². The average molecular weight is 272 g/mol. The first-order valence-electron chi connectivity index (χ1n) is 8.39. The summed E-state index contributed by atoms with van der Waals surface area (Å²) >= 11 is 0. The average Bonchev–Trinajstić information content (AvgIpc) is 2.41. The minimum Gasteiger partial charge on any atom is -0.392 e. The van der Waals surface area contributed by atoms with Gasteiger partial charge in [0, 0.05) is 5.41 Å². The maximum atomic E-state index is 10.5. The van der Waals surface area contributed by atoms with E-state index >= 15 is 0 Å². The third kappa shape index (κ3) is 6.76. The second-order valence-electron chi connectivity index (χ2n) is 6.28. The molecule has 0 aliphatic rings. The number of hydrogen-bond donors (Lipinski definition) is 2. The van der Waals surface area contributed by atoms with E-state index in [4.69, 9.17) is 0 Å². The highest BCUT2D eigenvalue weighted by Gasteiger charge is 2.38. The van der Waals surface area contributed by atoms with Crippen LogP contribution in [0, 0.1) is 5.41 Å². The summed E-state index contributed by atoms with van der Waals surface area (Å²) in [5.41, 5.74) is -0.320. The summed E-state index contributed by atoms with van der Waals surface area (Å²) in [6, 6.07) is 0. The van der Waals surface area contributed by atoms with Crippen molar-refractivity contribution < 1.29 is 10.2 Å². The first kappa shape index (κ1) is 18.9. The van der Waals surface area contributed by atoms with Gasteiger partial charge in [0.1, 0.15) is 0 Å². The van der Waals surface area contributed by atoms with Crippen LogP contribution in [-0.4, -0.2) is 22.4 Å². The minimum atomic E-state index is -0.365. The van der Waals surface area contributed by atoms with E-state index in [0.717, 1.165) is 51.4 Å². The van der Waals surface area contributed by atoms with Crippen LogP contribution < -0.4 is 0 Å². The fourth-order valence-electron chi connectivity index (χ4n) is 2.77. The topological polar surface area (TPSA) is 40.5 Å². The van der Waals surface area contributed by atoms with Gasteiger partial charge in [-0.15, -0.1) is 0 Å². The maximum absolute atomic E-state index is 10.5. The van der Waals surface area contributed by atoms with E-state index < -0.39 is 0 Å². The van der Waals surface area contributed by atoms with E-state index in [1.807, 2.05) is 0 Å². The Labute approximate surface area is 120 Å². The Hall–Kier alpha value is -0.0800. The van der Waals surface area contributed by atoms with Crippen LogP contribution in [-0.2, 0) is 0 Å². The van der Waals surface area contributed by atoms with Crippen LogP contribution in [0.4, 0.5) is 0 Å². The van der Waals surface area contributed by atoms with Crippen molar-refractivity contribution in [3.63, 3.8) is 0 Å². The van der Waals surface area contributed by atoms with E-state index in [0.29, 0.717) is 0 Å². The van der Waals surface area contributed by atoms with E-state index in [9.17, 15) is 10.2 Å². The van der Waals surface area contributed by atoms with Crippen molar-refractivity contribution in [3.05, 3.63) is 0 Å². The highest BCUT2D eigenvalue weighted by molar-refractivity contribution is 4.88. The fraction of sp³-hybridized carbons (Fsp3) is 1.00. The fourth-order valence-corrected chi connectivity index (χ4v) is 2.77. The van der Waals surface area contributed by atoms with Crippen LogP contribution in [0.2, 0.25) is 0 Å². The largest absolute Gasteiger partial charge is 0.392 e. The second-order valence-corrected chi connectivity index (χ2v) is 6.28. The third-order valence-corrected chi connectivity index (χ3v) is 4.50.